The van der Waals surface area contributed by atoms with Crippen LogP contribution in [0.3, 0.4) is 0 Å². The summed E-state index contributed by atoms with van der Waals surface area (Å²) in [6.45, 7) is 0. The van der Waals surface area contributed by atoms with E-state index < -0.39 is 25.8 Å². The summed E-state index contributed by atoms with van der Waals surface area (Å²) < 4.78 is 30.6. The molecule has 0 spiro atoms. The Morgan fingerprint density at radius 1 is 0.872 bits per heavy atom. The molecule has 1 saturated heterocycles. The first-order chi connectivity index (χ1) is 18.7. The first kappa shape index (κ1) is 26.6. The number of rotatable bonds is 8. The number of phenols is 1. The molecule has 0 bridgehead atoms. The molecule has 39 heavy (non-hydrogen) atoms. The number of hydrogen-bond acceptors (Lipinski definition) is 4. The van der Waals surface area contributed by atoms with Gasteiger partial charge in [-0.25, -0.2) is 9.18 Å². The summed E-state index contributed by atoms with van der Waals surface area (Å²) in [5.41, 5.74) is 3.47. The first-order valence-electron chi connectivity index (χ1n) is 12.5. The number of halogens is 1. The van der Waals surface area contributed by atoms with Crippen LogP contribution in [0, 0.1) is 5.82 Å². The molecule has 4 aromatic rings. The van der Waals surface area contributed by atoms with E-state index in [1.807, 2.05) is 30.3 Å². The first-order valence-corrected chi connectivity index (χ1v) is 14.1. The third-order valence-electron chi connectivity index (χ3n) is 6.87. The quantitative estimate of drug-likeness (QED) is 0.231. The fourth-order valence-corrected chi connectivity index (χ4v) is 5.46. The fourth-order valence-electron chi connectivity index (χ4n) is 4.92. The second-order valence-electron chi connectivity index (χ2n) is 9.46. The van der Waals surface area contributed by atoms with Crippen LogP contribution in [0.25, 0.3) is 11.1 Å². The molecule has 0 aliphatic carbocycles. The van der Waals surface area contributed by atoms with Gasteiger partial charge in [-0.3, -0.25) is 9.46 Å². The maximum Gasteiger partial charge on any atom is 0.415 e. The third kappa shape index (κ3) is 5.88. The lowest BCUT2D eigenvalue weighted by molar-refractivity contribution is 0.124. The van der Waals surface area contributed by atoms with Crippen LogP contribution in [0.15, 0.2) is 97.1 Å². The van der Waals surface area contributed by atoms with Gasteiger partial charge in [-0.1, -0.05) is 54.6 Å². The minimum atomic E-state index is -4.36. The van der Waals surface area contributed by atoms with Crippen molar-refractivity contribution in [2.24, 2.45) is 0 Å². The molecule has 1 aliphatic heterocycles. The number of benzene rings is 4. The van der Waals surface area contributed by atoms with Gasteiger partial charge in [0.1, 0.15) is 23.7 Å². The van der Waals surface area contributed by atoms with Gasteiger partial charge in [0.15, 0.2) is 0 Å². The zero-order valence-corrected chi connectivity index (χ0v) is 21.7. The highest BCUT2D eigenvalue weighted by molar-refractivity contribution is 7.60. The topological polar surface area (TPSA) is 107 Å². The SMILES string of the molecule is O=C1OC(CCCc2ccc(F)cc2)C(c2ccc(-c3ccc(P(=O)(O)O)cc3)cc2O)N1c1ccccc1. The van der Waals surface area contributed by atoms with Gasteiger partial charge in [-0.2, -0.15) is 0 Å². The average molecular weight is 548 g/mol. The van der Waals surface area contributed by atoms with Gasteiger partial charge in [0.2, 0.25) is 0 Å². The summed E-state index contributed by atoms with van der Waals surface area (Å²) in [5.74, 6) is -0.321. The number of nitrogens with zero attached hydrogens (tertiary/aromatic N) is 1. The summed E-state index contributed by atoms with van der Waals surface area (Å²) in [6, 6.07) is 25.9. The summed E-state index contributed by atoms with van der Waals surface area (Å²) >= 11 is 0. The van der Waals surface area contributed by atoms with E-state index in [0.717, 1.165) is 5.56 Å². The number of hydrogen-bond donors (Lipinski definition) is 3. The number of para-hydroxylation sites is 1. The van der Waals surface area contributed by atoms with E-state index >= 15 is 0 Å². The molecule has 2 unspecified atom stereocenters. The van der Waals surface area contributed by atoms with E-state index in [-0.39, 0.29) is 16.9 Å². The van der Waals surface area contributed by atoms with Crippen molar-refractivity contribution >= 4 is 24.7 Å². The zero-order valence-electron chi connectivity index (χ0n) is 20.9. The van der Waals surface area contributed by atoms with Crippen LogP contribution >= 0.6 is 7.60 Å². The van der Waals surface area contributed by atoms with Crippen LogP contribution in [-0.4, -0.2) is 27.1 Å². The van der Waals surface area contributed by atoms with E-state index in [1.165, 1.54) is 24.3 Å². The van der Waals surface area contributed by atoms with E-state index in [0.29, 0.717) is 41.6 Å². The van der Waals surface area contributed by atoms with Crippen molar-refractivity contribution in [2.45, 2.75) is 31.4 Å². The second kappa shape index (κ2) is 11.0. The van der Waals surface area contributed by atoms with Gasteiger partial charge in [0, 0.05) is 11.3 Å². The Labute approximate surface area is 225 Å². The van der Waals surface area contributed by atoms with Crippen LogP contribution in [0.1, 0.15) is 30.0 Å². The summed E-state index contributed by atoms with van der Waals surface area (Å²) in [7, 11) is -4.36. The van der Waals surface area contributed by atoms with Crippen molar-refractivity contribution in [3.63, 3.8) is 0 Å². The van der Waals surface area contributed by atoms with Crippen LogP contribution < -0.4 is 10.2 Å². The molecular formula is C30H27FNO6P. The number of carbonyl (C=O) groups excluding carboxylic acids is 1. The third-order valence-corrected chi connectivity index (χ3v) is 7.84. The lowest BCUT2D eigenvalue weighted by Crippen LogP contribution is -2.29. The number of cyclic esters (lactones) is 1. The molecule has 0 radical (unpaired) electrons. The molecule has 200 valence electrons. The van der Waals surface area contributed by atoms with Crippen molar-refractivity contribution in [3.05, 3.63) is 114 Å². The largest absolute Gasteiger partial charge is 0.508 e. The highest BCUT2D eigenvalue weighted by Gasteiger charge is 2.44. The Bertz CT molecular complexity index is 1510. The molecule has 1 aliphatic rings. The van der Waals surface area contributed by atoms with Gasteiger partial charge in [0.05, 0.1) is 5.30 Å². The molecule has 1 amide bonds. The summed E-state index contributed by atoms with van der Waals surface area (Å²) in [4.78, 5) is 33.3. The lowest BCUT2D eigenvalue weighted by Gasteiger charge is -2.26. The predicted molar refractivity (Wildman–Crippen MR) is 146 cm³/mol. The maximum absolute atomic E-state index is 13.3. The number of phenolic OH excluding ortho intramolecular Hbond substituents is 1. The van der Waals surface area contributed by atoms with Crippen LogP contribution in [0.2, 0.25) is 0 Å². The Balaban J connectivity index is 1.43. The van der Waals surface area contributed by atoms with Gasteiger partial charge in [-0.15, -0.1) is 0 Å². The van der Waals surface area contributed by atoms with Crippen molar-refractivity contribution in [1.29, 1.82) is 0 Å². The van der Waals surface area contributed by atoms with Crippen molar-refractivity contribution in [3.8, 4) is 16.9 Å². The van der Waals surface area contributed by atoms with Gasteiger partial charge < -0.3 is 19.6 Å². The van der Waals surface area contributed by atoms with Crippen molar-refractivity contribution in [1.82, 2.24) is 0 Å². The van der Waals surface area contributed by atoms with Gasteiger partial charge in [0.25, 0.3) is 0 Å². The monoisotopic (exact) mass is 547 g/mol. The Kier molecular flexibility index (Phi) is 7.53. The molecule has 4 aromatic carbocycles. The maximum atomic E-state index is 13.3. The molecule has 1 heterocycles. The van der Waals surface area contributed by atoms with E-state index in [1.54, 1.807) is 47.4 Å². The van der Waals surface area contributed by atoms with Crippen LogP contribution in [0.4, 0.5) is 14.9 Å². The highest BCUT2D eigenvalue weighted by atomic mass is 31.2. The zero-order chi connectivity index (χ0) is 27.6. The number of ether oxygens (including phenoxy) is 1. The molecule has 5 rings (SSSR count). The Morgan fingerprint density at radius 3 is 2.18 bits per heavy atom. The summed E-state index contributed by atoms with van der Waals surface area (Å²) in [5, 5.41) is 11.1. The van der Waals surface area contributed by atoms with E-state index in [4.69, 9.17) is 4.74 Å². The normalized spacial score (nSPS) is 17.3. The Morgan fingerprint density at radius 2 is 1.54 bits per heavy atom. The van der Waals surface area contributed by atoms with Crippen LogP contribution in [0.5, 0.6) is 5.75 Å². The minimum Gasteiger partial charge on any atom is -0.508 e. The van der Waals surface area contributed by atoms with Crippen molar-refractivity contribution < 1.29 is 33.4 Å². The molecule has 0 saturated carbocycles. The standard InChI is InChI=1S/C30H27FNO6P/c31-23-14-9-20(10-15-23)5-4-8-28-29(32(30(34)38-28)24-6-2-1-3-7-24)26-18-13-22(19-27(26)33)21-11-16-25(17-12-21)39(35,36)37/h1-3,6-7,9-19,28-29,33H,4-5,8H2,(H2,35,36,37). The second-order valence-corrected chi connectivity index (χ2v) is 11.1. The fraction of sp³-hybridized carbons (Fsp3) is 0.167. The molecular weight excluding hydrogens is 520 g/mol. The average Bonchev–Trinajstić information content (AvgIpc) is 3.25. The lowest BCUT2D eigenvalue weighted by atomic mass is 9.93. The molecule has 7 nitrogen and oxygen atoms in total. The molecule has 2 atom stereocenters. The van der Waals surface area contributed by atoms with Gasteiger partial charge >= 0.3 is 13.7 Å². The molecule has 9 heteroatoms. The van der Waals surface area contributed by atoms with E-state index in [9.17, 15) is 28.6 Å². The molecule has 3 N–H and O–H groups in total. The number of carbonyl (C=O) groups is 1. The molecule has 0 aromatic heterocycles. The summed E-state index contributed by atoms with van der Waals surface area (Å²) in [6.07, 6.45) is 0.865. The van der Waals surface area contributed by atoms with Crippen molar-refractivity contribution in [2.75, 3.05) is 4.90 Å². The highest BCUT2D eigenvalue weighted by Crippen LogP contribution is 2.43. The molecule has 1 fully saturated rings. The Hall–Kier alpha value is -3.97. The number of aromatic hydroxyl groups is 1. The predicted octanol–water partition coefficient (Wildman–Crippen LogP) is 6.09. The van der Waals surface area contributed by atoms with Gasteiger partial charge in [-0.05, 0) is 78.4 Å². The minimum absolute atomic E-state index is 0.0284. The van der Waals surface area contributed by atoms with Crippen LogP contribution in [-0.2, 0) is 15.7 Å². The van der Waals surface area contributed by atoms with E-state index in [2.05, 4.69) is 0 Å². The number of aryl methyl sites for hydroxylation is 1. The number of anilines is 1. The number of amides is 1. The smallest absolute Gasteiger partial charge is 0.415 e.